The number of benzene rings is 1. The zero-order valence-electron chi connectivity index (χ0n) is 9.20. The Morgan fingerprint density at radius 1 is 1.14 bits per heavy atom. The van der Waals surface area contributed by atoms with Gasteiger partial charge in [0, 0.05) is 6.61 Å². The van der Waals surface area contributed by atoms with Crippen LogP contribution in [0.4, 0.5) is 0 Å². The van der Waals surface area contributed by atoms with Crippen molar-refractivity contribution in [2.24, 2.45) is 0 Å². The molecule has 0 amide bonds. The highest BCUT2D eigenvalue weighted by Crippen LogP contribution is 2.08. The van der Waals surface area contributed by atoms with Crippen molar-refractivity contribution in [1.82, 2.24) is 0 Å². The smallest absolute Gasteiger partial charge is 0.181 e. The molecular weight excluding hydrogens is 188 g/mol. The van der Waals surface area contributed by atoms with E-state index in [0.29, 0.717) is 0 Å². The summed E-state index contributed by atoms with van der Waals surface area (Å²) in [5.74, 6) is 0. The molecule has 2 heteroatoms. The summed E-state index contributed by atoms with van der Waals surface area (Å²) >= 11 is 0. The molecule has 1 nitrogen and oxygen atoms in total. The first-order valence-electron chi connectivity index (χ1n) is 5.52. The van der Waals surface area contributed by atoms with Crippen molar-refractivity contribution in [1.29, 1.82) is 0 Å². The molecule has 0 aliphatic carbocycles. The fourth-order valence-corrected chi connectivity index (χ4v) is 4.08. The van der Waals surface area contributed by atoms with E-state index < -0.39 is 9.04 Å². The van der Waals surface area contributed by atoms with Gasteiger partial charge < -0.3 is 4.43 Å². The van der Waals surface area contributed by atoms with E-state index in [2.05, 4.69) is 44.2 Å². The Bertz CT molecular complexity index is 229. The molecule has 0 aliphatic heterocycles. The van der Waals surface area contributed by atoms with Crippen LogP contribution in [-0.4, -0.2) is 15.6 Å². The molecule has 1 unspecified atom stereocenters. The lowest BCUT2D eigenvalue weighted by Crippen LogP contribution is -2.21. The molecule has 0 saturated heterocycles. The fraction of sp³-hybridized carbons (Fsp3) is 0.500. The molecule has 0 bridgehead atoms. The molecule has 0 spiro atoms. The summed E-state index contributed by atoms with van der Waals surface area (Å²) < 4.78 is 5.83. The quantitative estimate of drug-likeness (QED) is 0.653. The summed E-state index contributed by atoms with van der Waals surface area (Å²) in [4.78, 5) is 0. The van der Waals surface area contributed by atoms with Crippen LogP contribution < -0.4 is 0 Å². The van der Waals surface area contributed by atoms with Gasteiger partial charge >= 0.3 is 0 Å². The standard InChI is InChI=1S/C12H20OSi/c1-3-10-14(13-4-2)11-12-8-6-5-7-9-12/h5-9,14H,3-4,10-11H2,1-2H3. The minimum atomic E-state index is -0.960. The molecule has 0 aromatic heterocycles. The Labute approximate surface area is 88.8 Å². The second kappa shape index (κ2) is 6.79. The number of hydrogen-bond acceptors (Lipinski definition) is 1. The van der Waals surface area contributed by atoms with Crippen LogP contribution in [0.3, 0.4) is 0 Å². The van der Waals surface area contributed by atoms with Crippen molar-refractivity contribution in [3.8, 4) is 0 Å². The normalized spacial score (nSPS) is 12.7. The Morgan fingerprint density at radius 3 is 2.43 bits per heavy atom. The summed E-state index contributed by atoms with van der Waals surface area (Å²) in [5.41, 5.74) is 1.44. The van der Waals surface area contributed by atoms with Crippen LogP contribution in [0.5, 0.6) is 0 Å². The van der Waals surface area contributed by atoms with Gasteiger partial charge in [0.15, 0.2) is 9.04 Å². The van der Waals surface area contributed by atoms with Crippen LogP contribution >= 0.6 is 0 Å². The molecule has 0 fully saturated rings. The van der Waals surface area contributed by atoms with E-state index in [1.807, 2.05) is 0 Å². The third-order valence-corrected chi connectivity index (χ3v) is 5.27. The maximum absolute atomic E-state index is 5.83. The van der Waals surface area contributed by atoms with E-state index in [9.17, 15) is 0 Å². The average Bonchev–Trinajstić information content (AvgIpc) is 2.20. The second-order valence-corrected chi connectivity index (χ2v) is 6.12. The molecule has 0 saturated carbocycles. The second-order valence-electron chi connectivity index (χ2n) is 3.56. The fourth-order valence-electron chi connectivity index (χ4n) is 1.68. The molecule has 0 N–H and O–H groups in total. The first-order valence-corrected chi connectivity index (χ1v) is 7.62. The molecule has 78 valence electrons. The van der Waals surface area contributed by atoms with E-state index >= 15 is 0 Å². The van der Waals surface area contributed by atoms with Crippen LogP contribution in [0.1, 0.15) is 25.8 Å². The van der Waals surface area contributed by atoms with E-state index in [1.54, 1.807) is 0 Å². The highest BCUT2D eigenvalue weighted by molar-refractivity contribution is 6.51. The number of rotatable bonds is 6. The minimum absolute atomic E-state index is 0.879. The van der Waals surface area contributed by atoms with E-state index in [0.717, 1.165) is 6.61 Å². The Balaban J connectivity index is 2.46. The van der Waals surface area contributed by atoms with Crippen LogP contribution in [0.25, 0.3) is 0 Å². The lowest BCUT2D eigenvalue weighted by molar-refractivity contribution is 0.340. The Hall–Kier alpha value is -0.603. The molecular formula is C12H20OSi. The van der Waals surface area contributed by atoms with Gasteiger partial charge in [-0.25, -0.2) is 0 Å². The van der Waals surface area contributed by atoms with E-state index in [-0.39, 0.29) is 0 Å². The van der Waals surface area contributed by atoms with Gasteiger partial charge in [0.1, 0.15) is 0 Å². The van der Waals surface area contributed by atoms with E-state index in [1.165, 1.54) is 24.1 Å². The summed E-state index contributed by atoms with van der Waals surface area (Å²) in [5, 5.41) is 0. The largest absolute Gasteiger partial charge is 0.420 e. The summed E-state index contributed by atoms with van der Waals surface area (Å²) in [6.45, 7) is 5.22. The minimum Gasteiger partial charge on any atom is -0.420 e. The maximum atomic E-state index is 5.83. The van der Waals surface area contributed by atoms with Crippen LogP contribution in [0.2, 0.25) is 6.04 Å². The van der Waals surface area contributed by atoms with Gasteiger partial charge in [-0.15, -0.1) is 0 Å². The third-order valence-electron chi connectivity index (χ3n) is 2.32. The van der Waals surface area contributed by atoms with Gasteiger partial charge in [0.2, 0.25) is 0 Å². The third kappa shape index (κ3) is 4.07. The van der Waals surface area contributed by atoms with Gasteiger partial charge in [-0.3, -0.25) is 0 Å². The molecule has 1 atom stereocenters. The van der Waals surface area contributed by atoms with E-state index in [4.69, 9.17) is 4.43 Å². The maximum Gasteiger partial charge on any atom is 0.181 e. The Kier molecular flexibility index (Phi) is 5.57. The van der Waals surface area contributed by atoms with Gasteiger partial charge in [0.25, 0.3) is 0 Å². The molecule has 1 rings (SSSR count). The van der Waals surface area contributed by atoms with Crippen molar-refractivity contribution in [3.05, 3.63) is 35.9 Å². The predicted molar refractivity (Wildman–Crippen MR) is 64.0 cm³/mol. The van der Waals surface area contributed by atoms with Gasteiger partial charge in [-0.2, -0.15) is 0 Å². The van der Waals surface area contributed by atoms with Crippen LogP contribution in [0.15, 0.2) is 30.3 Å². The van der Waals surface area contributed by atoms with Crippen molar-refractivity contribution < 1.29 is 4.43 Å². The molecule has 14 heavy (non-hydrogen) atoms. The zero-order chi connectivity index (χ0) is 10.2. The first kappa shape index (κ1) is 11.5. The summed E-state index contributed by atoms with van der Waals surface area (Å²) in [7, 11) is -0.960. The van der Waals surface area contributed by atoms with Gasteiger partial charge in [0.05, 0.1) is 0 Å². The number of hydrogen-bond donors (Lipinski definition) is 0. The lowest BCUT2D eigenvalue weighted by atomic mass is 10.2. The zero-order valence-corrected chi connectivity index (χ0v) is 10.4. The molecule has 1 aromatic rings. The highest BCUT2D eigenvalue weighted by atomic mass is 28.3. The summed E-state index contributed by atoms with van der Waals surface area (Å²) in [6.07, 6.45) is 1.25. The molecule has 0 heterocycles. The van der Waals surface area contributed by atoms with Crippen molar-refractivity contribution >= 4 is 9.04 Å². The molecule has 0 aliphatic rings. The van der Waals surface area contributed by atoms with Crippen molar-refractivity contribution in [3.63, 3.8) is 0 Å². The van der Waals surface area contributed by atoms with Gasteiger partial charge in [-0.05, 0) is 24.6 Å². The Morgan fingerprint density at radius 2 is 1.86 bits per heavy atom. The monoisotopic (exact) mass is 208 g/mol. The topological polar surface area (TPSA) is 9.23 Å². The average molecular weight is 208 g/mol. The highest BCUT2D eigenvalue weighted by Gasteiger charge is 2.10. The molecule has 0 radical (unpaired) electrons. The summed E-state index contributed by atoms with van der Waals surface area (Å²) in [6, 6.07) is 13.2. The van der Waals surface area contributed by atoms with Crippen LogP contribution in [0, 0.1) is 0 Å². The first-order chi connectivity index (χ1) is 6.86. The van der Waals surface area contributed by atoms with Gasteiger partial charge in [-0.1, -0.05) is 43.7 Å². The SMILES string of the molecule is CCC[SiH](Cc1ccccc1)OCC. The predicted octanol–water partition coefficient (Wildman–Crippen LogP) is 2.94. The van der Waals surface area contributed by atoms with Crippen molar-refractivity contribution in [2.45, 2.75) is 32.4 Å². The molecule has 1 aromatic carbocycles. The van der Waals surface area contributed by atoms with Crippen molar-refractivity contribution in [2.75, 3.05) is 6.61 Å². The van der Waals surface area contributed by atoms with Crippen LogP contribution in [-0.2, 0) is 10.5 Å². The lowest BCUT2D eigenvalue weighted by Gasteiger charge is -2.14.